The van der Waals surface area contributed by atoms with Crippen LogP contribution >= 0.6 is 11.6 Å². The molecule has 0 radical (unpaired) electrons. The topological polar surface area (TPSA) is 52.6 Å². The van der Waals surface area contributed by atoms with Crippen LogP contribution in [0.25, 0.3) is 0 Å². The van der Waals surface area contributed by atoms with Crippen LogP contribution in [-0.2, 0) is 4.74 Å². The highest BCUT2D eigenvalue weighted by Gasteiger charge is 2.22. The molecule has 0 heterocycles. The van der Waals surface area contributed by atoms with Gasteiger partial charge in [-0.1, -0.05) is 35.9 Å². The molecular formula is C27H27ClO4. The summed E-state index contributed by atoms with van der Waals surface area (Å²) in [6, 6.07) is 20.1. The van der Waals surface area contributed by atoms with Gasteiger partial charge < -0.3 is 9.47 Å². The molecule has 0 fully saturated rings. The van der Waals surface area contributed by atoms with Crippen LogP contribution in [0, 0.1) is 13.8 Å². The van der Waals surface area contributed by atoms with Crippen molar-refractivity contribution in [1.29, 1.82) is 0 Å². The minimum atomic E-state index is -0.384. The highest BCUT2D eigenvalue weighted by Crippen LogP contribution is 2.29. The van der Waals surface area contributed by atoms with Crippen LogP contribution in [0.15, 0.2) is 66.7 Å². The number of esters is 1. The molecule has 0 saturated carbocycles. The van der Waals surface area contributed by atoms with Gasteiger partial charge in [0.05, 0.1) is 19.3 Å². The van der Waals surface area contributed by atoms with E-state index in [2.05, 4.69) is 0 Å². The van der Waals surface area contributed by atoms with Crippen molar-refractivity contribution in [3.8, 4) is 5.75 Å². The van der Waals surface area contributed by atoms with E-state index < -0.39 is 0 Å². The molecule has 3 rings (SSSR count). The molecule has 4 nitrogen and oxygen atoms in total. The van der Waals surface area contributed by atoms with E-state index in [9.17, 15) is 9.59 Å². The monoisotopic (exact) mass is 450 g/mol. The maximum absolute atomic E-state index is 13.4. The van der Waals surface area contributed by atoms with Gasteiger partial charge in [-0.15, -0.1) is 0 Å². The van der Waals surface area contributed by atoms with Gasteiger partial charge in [0.1, 0.15) is 5.75 Å². The molecular weight excluding hydrogens is 424 g/mol. The van der Waals surface area contributed by atoms with Crippen molar-refractivity contribution in [2.75, 3.05) is 13.7 Å². The van der Waals surface area contributed by atoms with E-state index in [1.807, 2.05) is 56.3 Å². The number of ether oxygens (including phenoxy) is 2. The molecule has 0 aliphatic rings. The smallest absolute Gasteiger partial charge is 0.337 e. The van der Waals surface area contributed by atoms with Crippen molar-refractivity contribution in [2.45, 2.75) is 32.6 Å². The normalized spacial score (nSPS) is 11.6. The summed E-state index contributed by atoms with van der Waals surface area (Å²) in [5, 5.41) is 0.613. The van der Waals surface area contributed by atoms with Gasteiger partial charge in [-0.25, -0.2) is 4.79 Å². The van der Waals surface area contributed by atoms with Crippen molar-refractivity contribution in [2.24, 2.45) is 0 Å². The van der Waals surface area contributed by atoms with Crippen LogP contribution in [-0.4, -0.2) is 25.5 Å². The van der Waals surface area contributed by atoms with Crippen molar-refractivity contribution in [3.05, 3.63) is 99.6 Å². The Morgan fingerprint density at radius 3 is 2.28 bits per heavy atom. The molecule has 166 valence electrons. The van der Waals surface area contributed by atoms with E-state index >= 15 is 0 Å². The van der Waals surface area contributed by atoms with Gasteiger partial charge in [0.25, 0.3) is 0 Å². The fraction of sp³-hybridized carbons (Fsp3) is 0.259. The fourth-order valence-electron chi connectivity index (χ4n) is 3.55. The Bertz CT molecular complexity index is 1090. The van der Waals surface area contributed by atoms with Crippen LogP contribution in [0.1, 0.15) is 56.2 Å². The van der Waals surface area contributed by atoms with Gasteiger partial charge >= 0.3 is 5.97 Å². The third-order valence-electron chi connectivity index (χ3n) is 5.54. The molecule has 32 heavy (non-hydrogen) atoms. The summed E-state index contributed by atoms with van der Waals surface area (Å²) < 4.78 is 10.5. The Morgan fingerprint density at radius 2 is 1.62 bits per heavy atom. The van der Waals surface area contributed by atoms with Gasteiger partial charge in [0.2, 0.25) is 0 Å². The number of rotatable bonds is 9. The lowest BCUT2D eigenvalue weighted by Crippen LogP contribution is -2.15. The zero-order valence-corrected chi connectivity index (χ0v) is 19.3. The fourth-order valence-corrected chi connectivity index (χ4v) is 3.75. The third-order valence-corrected chi connectivity index (χ3v) is 5.78. The molecule has 0 bridgehead atoms. The molecule has 1 unspecified atom stereocenters. The average Bonchev–Trinajstić information content (AvgIpc) is 2.80. The van der Waals surface area contributed by atoms with Crippen molar-refractivity contribution >= 4 is 23.4 Å². The minimum Gasteiger partial charge on any atom is -0.494 e. The zero-order chi connectivity index (χ0) is 23.1. The van der Waals surface area contributed by atoms with E-state index in [-0.39, 0.29) is 17.7 Å². The first-order chi connectivity index (χ1) is 15.4. The first kappa shape index (κ1) is 23.6. The molecule has 0 spiro atoms. The van der Waals surface area contributed by atoms with E-state index in [1.165, 1.54) is 7.11 Å². The first-order valence-electron chi connectivity index (χ1n) is 10.6. The standard InChI is InChI=1S/C27H27ClO4/c1-18-9-10-22(16-19(18)2)26(29)25(21-6-4-7-23(28)17-21)8-5-15-32-24-13-11-20(12-14-24)27(30)31-3/h4,6-7,9-14,16-17,25H,5,8,15H2,1-3H3. The second-order valence-corrected chi connectivity index (χ2v) is 8.21. The Labute approximate surface area is 194 Å². The van der Waals surface area contributed by atoms with Crippen molar-refractivity contribution < 1.29 is 19.1 Å². The van der Waals surface area contributed by atoms with Gasteiger partial charge in [0.15, 0.2) is 5.78 Å². The lowest BCUT2D eigenvalue weighted by atomic mass is 9.86. The zero-order valence-electron chi connectivity index (χ0n) is 18.6. The molecule has 1 atom stereocenters. The second-order valence-electron chi connectivity index (χ2n) is 7.78. The number of halogens is 1. The Balaban J connectivity index is 1.68. The van der Waals surface area contributed by atoms with Gasteiger partial charge in [0, 0.05) is 16.5 Å². The van der Waals surface area contributed by atoms with Crippen LogP contribution in [0.4, 0.5) is 0 Å². The number of ketones is 1. The van der Waals surface area contributed by atoms with Crippen LogP contribution in [0.3, 0.4) is 0 Å². The number of hydrogen-bond acceptors (Lipinski definition) is 4. The summed E-state index contributed by atoms with van der Waals surface area (Å²) in [6.45, 7) is 4.50. The molecule has 0 amide bonds. The molecule has 0 aromatic heterocycles. The molecule has 0 aliphatic heterocycles. The highest BCUT2D eigenvalue weighted by molar-refractivity contribution is 6.30. The predicted molar refractivity (Wildman–Crippen MR) is 127 cm³/mol. The molecule has 0 aliphatic carbocycles. The number of carbonyl (C=O) groups is 2. The quantitative estimate of drug-likeness (QED) is 0.210. The summed E-state index contributed by atoms with van der Waals surface area (Å²) in [4.78, 5) is 24.9. The van der Waals surface area contributed by atoms with Gasteiger partial charge in [-0.2, -0.15) is 0 Å². The summed E-state index contributed by atoms with van der Waals surface area (Å²) in [5.74, 6) is 0.0575. The number of aryl methyl sites for hydroxylation is 2. The minimum absolute atomic E-state index is 0.0813. The van der Waals surface area contributed by atoms with Gasteiger partial charge in [-0.05, 0) is 85.8 Å². The predicted octanol–water partition coefficient (Wildman–Crippen LogP) is 6.57. The Hall–Kier alpha value is -3.11. The highest BCUT2D eigenvalue weighted by atomic mass is 35.5. The number of hydrogen-bond donors (Lipinski definition) is 0. The average molecular weight is 451 g/mol. The summed E-state index contributed by atoms with van der Waals surface area (Å²) >= 11 is 6.20. The van der Waals surface area contributed by atoms with Crippen LogP contribution < -0.4 is 4.74 Å². The van der Waals surface area contributed by atoms with Crippen LogP contribution in [0.5, 0.6) is 5.75 Å². The molecule has 0 N–H and O–H groups in total. The summed E-state index contributed by atoms with van der Waals surface area (Å²) in [5.41, 5.74) is 4.34. The maximum Gasteiger partial charge on any atom is 0.337 e. The molecule has 3 aromatic rings. The second kappa shape index (κ2) is 11.0. The first-order valence-corrected chi connectivity index (χ1v) is 10.9. The van der Waals surface area contributed by atoms with E-state index in [1.54, 1.807) is 24.3 Å². The molecule has 3 aromatic carbocycles. The molecule has 5 heteroatoms. The summed E-state index contributed by atoms with van der Waals surface area (Å²) in [7, 11) is 1.35. The largest absolute Gasteiger partial charge is 0.494 e. The SMILES string of the molecule is COC(=O)c1ccc(OCCCC(C(=O)c2ccc(C)c(C)c2)c2cccc(Cl)c2)cc1. The maximum atomic E-state index is 13.4. The summed E-state index contributed by atoms with van der Waals surface area (Å²) in [6.07, 6.45) is 1.32. The van der Waals surface area contributed by atoms with E-state index in [0.717, 1.165) is 16.7 Å². The van der Waals surface area contributed by atoms with Gasteiger partial charge in [-0.3, -0.25) is 4.79 Å². The Morgan fingerprint density at radius 1 is 0.906 bits per heavy atom. The number of Topliss-reactive ketones (excluding diaryl/α,β-unsaturated/α-hetero) is 1. The lowest BCUT2D eigenvalue weighted by molar-refractivity contribution is 0.0600. The van der Waals surface area contributed by atoms with E-state index in [4.69, 9.17) is 21.1 Å². The number of carbonyl (C=O) groups excluding carboxylic acids is 2. The molecule has 0 saturated heterocycles. The lowest BCUT2D eigenvalue weighted by Gasteiger charge is -2.18. The van der Waals surface area contributed by atoms with Crippen LogP contribution in [0.2, 0.25) is 5.02 Å². The van der Waals surface area contributed by atoms with Crippen molar-refractivity contribution in [1.82, 2.24) is 0 Å². The van der Waals surface area contributed by atoms with Crippen molar-refractivity contribution in [3.63, 3.8) is 0 Å². The van der Waals surface area contributed by atoms with E-state index in [0.29, 0.717) is 41.3 Å². The Kier molecular flexibility index (Phi) is 8.07. The number of benzene rings is 3. The number of methoxy groups -OCH3 is 1. The third kappa shape index (κ3) is 5.98.